The first kappa shape index (κ1) is 15.1. The van der Waals surface area contributed by atoms with Gasteiger partial charge in [-0.1, -0.05) is 17.7 Å². The van der Waals surface area contributed by atoms with Crippen LogP contribution in [0.15, 0.2) is 36.4 Å². The molecule has 7 heteroatoms. The Balaban J connectivity index is 1.99. The van der Waals surface area contributed by atoms with E-state index in [0.717, 1.165) is 6.07 Å². The second-order valence-corrected chi connectivity index (χ2v) is 4.54. The Morgan fingerprint density at radius 2 is 2.05 bits per heavy atom. The third kappa shape index (κ3) is 3.82. The fourth-order valence-electron chi connectivity index (χ4n) is 1.56. The van der Waals surface area contributed by atoms with E-state index in [4.69, 9.17) is 22.1 Å². The van der Waals surface area contributed by atoms with Crippen molar-refractivity contribution in [2.24, 2.45) is 0 Å². The molecule has 110 valence electrons. The maximum Gasteiger partial charge on any atom is 0.262 e. The summed E-state index contributed by atoms with van der Waals surface area (Å²) in [6, 6.07) is 7.93. The number of nitrogens with one attached hydrogen (secondary N) is 1. The summed E-state index contributed by atoms with van der Waals surface area (Å²) in [6.07, 6.45) is 0. The minimum atomic E-state index is -0.762. The highest BCUT2D eigenvalue weighted by atomic mass is 35.5. The van der Waals surface area contributed by atoms with Gasteiger partial charge in [-0.25, -0.2) is 8.78 Å². The summed E-state index contributed by atoms with van der Waals surface area (Å²) in [5, 5.41) is 2.17. The van der Waals surface area contributed by atoms with Crippen LogP contribution < -0.4 is 15.8 Å². The van der Waals surface area contributed by atoms with Crippen molar-refractivity contribution < 1.29 is 18.3 Å². The highest BCUT2D eigenvalue weighted by molar-refractivity contribution is 6.30. The zero-order valence-electron chi connectivity index (χ0n) is 10.7. The number of anilines is 2. The number of rotatable bonds is 4. The van der Waals surface area contributed by atoms with Crippen LogP contribution in [0.4, 0.5) is 20.2 Å². The topological polar surface area (TPSA) is 64.3 Å². The number of carbonyl (C=O) groups is 1. The van der Waals surface area contributed by atoms with Crippen molar-refractivity contribution in [3.8, 4) is 5.75 Å². The van der Waals surface area contributed by atoms with Crippen LogP contribution in [-0.2, 0) is 4.79 Å². The molecule has 0 aromatic heterocycles. The Morgan fingerprint density at radius 3 is 2.81 bits per heavy atom. The van der Waals surface area contributed by atoms with Gasteiger partial charge in [0.2, 0.25) is 0 Å². The normalized spacial score (nSPS) is 10.2. The summed E-state index contributed by atoms with van der Waals surface area (Å²) in [5.74, 6) is -2.21. The number of nitrogens with two attached hydrogens (primary N) is 1. The van der Waals surface area contributed by atoms with E-state index in [2.05, 4.69) is 5.32 Å². The Bertz CT molecular complexity index is 680. The Kier molecular flexibility index (Phi) is 4.59. The van der Waals surface area contributed by atoms with Gasteiger partial charge >= 0.3 is 0 Å². The number of amides is 1. The van der Waals surface area contributed by atoms with Crippen LogP contribution in [0, 0.1) is 11.6 Å². The molecule has 0 radical (unpaired) electrons. The lowest BCUT2D eigenvalue weighted by atomic mass is 10.2. The van der Waals surface area contributed by atoms with Crippen LogP contribution in [0.2, 0.25) is 5.02 Å². The first-order valence-electron chi connectivity index (χ1n) is 5.89. The quantitative estimate of drug-likeness (QED) is 0.852. The van der Waals surface area contributed by atoms with Crippen molar-refractivity contribution in [3.05, 3.63) is 53.1 Å². The molecule has 0 aliphatic heterocycles. The van der Waals surface area contributed by atoms with Gasteiger partial charge in [-0.15, -0.1) is 0 Å². The highest BCUT2D eigenvalue weighted by Crippen LogP contribution is 2.24. The Labute approximate surface area is 124 Å². The fraction of sp³-hybridized carbons (Fsp3) is 0.0714. The summed E-state index contributed by atoms with van der Waals surface area (Å²) < 4.78 is 31.9. The van der Waals surface area contributed by atoms with Gasteiger partial charge in [0.15, 0.2) is 18.2 Å². The van der Waals surface area contributed by atoms with Gasteiger partial charge in [-0.3, -0.25) is 4.79 Å². The molecule has 0 fully saturated rings. The van der Waals surface area contributed by atoms with E-state index >= 15 is 0 Å². The molecule has 2 rings (SSSR count). The van der Waals surface area contributed by atoms with E-state index in [0.29, 0.717) is 5.69 Å². The molecular weight excluding hydrogens is 302 g/mol. The number of benzene rings is 2. The molecule has 0 heterocycles. The average Bonchev–Trinajstić information content (AvgIpc) is 2.44. The van der Waals surface area contributed by atoms with Crippen molar-refractivity contribution in [1.29, 1.82) is 0 Å². The third-order valence-electron chi connectivity index (χ3n) is 2.54. The molecule has 0 spiro atoms. The number of hydrogen-bond acceptors (Lipinski definition) is 3. The summed E-state index contributed by atoms with van der Waals surface area (Å²) in [4.78, 5) is 11.6. The first-order valence-corrected chi connectivity index (χ1v) is 6.27. The molecule has 0 saturated heterocycles. The molecule has 4 nitrogen and oxygen atoms in total. The summed E-state index contributed by atoms with van der Waals surface area (Å²) in [7, 11) is 0. The van der Waals surface area contributed by atoms with Crippen LogP contribution >= 0.6 is 11.6 Å². The third-order valence-corrected chi connectivity index (χ3v) is 2.83. The lowest BCUT2D eigenvalue weighted by molar-refractivity contribution is -0.118. The molecule has 2 aromatic carbocycles. The molecule has 0 aliphatic carbocycles. The van der Waals surface area contributed by atoms with E-state index in [1.807, 2.05) is 0 Å². The lowest BCUT2D eigenvalue weighted by Crippen LogP contribution is -2.21. The van der Waals surface area contributed by atoms with Gasteiger partial charge in [-0.05, 0) is 30.3 Å². The van der Waals surface area contributed by atoms with Crippen LogP contribution in [0.3, 0.4) is 0 Å². The van der Waals surface area contributed by atoms with Gasteiger partial charge in [0, 0.05) is 5.69 Å². The average molecular weight is 313 g/mol. The second kappa shape index (κ2) is 6.41. The predicted octanol–water partition coefficient (Wildman–Crippen LogP) is 3.22. The van der Waals surface area contributed by atoms with Crippen molar-refractivity contribution >= 4 is 28.9 Å². The Morgan fingerprint density at radius 1 is 1.29 bits per heavy atom. The van der Waals surface area contributed by atoms with E-state index < -0.39 is 24.1 Å². The van der Waals surface area contributed by atoms with Gasteiger partial charge in [0.25, 0.3) is 5.91 Å². The minimum Gasteiger partial charge on any atom is -0.481 e. The van der Waals surface area contributed by atoms with Crippen LogP contribution in [0.25, 0.3) is 0 Å². The molecular formula is C14H11ClF2N2O2. The largest absolute Gasteiger partial charge is 0.481 e. The van der Waals surface area contributed by atoms with Crippen molar-refractivity contribution in [2.45, 2.75) is 0 Å². The molecule has 0 unspecified atom stereocenters. The Hall–Kier alpha value is -2.34. The number of carbonyl (C=O) groups excluding carboxylic acids is 1. The standard InChI is InChI=1S/C14H11ClF2N2O2/c15-9-2-1-3-12(14(9)17)21-7-13(20)19-11-6-8(18)4-5-10(11)16/h1-6H,7,18H2,(H,19,20). The molecule has 0 saturated carbocycles. The van der Waals surface area contributed by atoms with Gasteiger partial charge in [0.05, 0.1) is 10.7 Å². The molecule has 2 aromatic rings. The molecule has 0 bridgehead atoms. The van der Waals surface area contributed by atoms with Gasteiger partial charge in [0.1, 0.15) is 5.82 Å². The molecule has 3 N–H and O–H groups in total. The van der Waals surface area contributed by atoms with Crippen LogP contribution in [0.5, 0.6) is 5.75 Å². The number of ether oxygens (including phenoxy) is 1. The summed E-state index contributed by atoms with van der Waals surface area (Å²) in [6.45, 7) is -0.495. The van der Waals surface area contributed by atoms with E-state index in [-0.39, 0.29) is 16.5 Å². The monoisotopic (exact) mass is 312 g/mol. The summed E-state index contributed by atoms with van der Waals surface area (Å²) in [5.41, 5.74) is 5.72. The zero-order chi connectivity index (χ0) is 15.4. The van der Waals surface area contributed by atoms with E-state index in [1.165, 1.54) is 30.3 Å². The number of halogens is 3. The molecule has 0 atom stereocenters. The van der Waals surface area contributed by atoms with Crippen molar-refractivity contribution in [2.75, 3.05) is 17.7 Å². The van der Waals surface area contributed by atoms with Gasteiger partial charge < -0.3 is 15.8 Å². The highest BCUT2D eigenvalue weighted by Gasteiger charge is 2.11. The lowest BCUT2D eigenvalue weighted by Gasteiger charge is -2.09. The number of nitrogen functional groups attached to an aromatic ring is 1. The first-order chi connectivity index (χ1) is 9.97. The van der Waals surface area contributed by atoms with E-state index in [9.17, 15) is 13.6 Å². The predicted molar refractivity (Wildman–Crippen MR) is 76.3 cm³/mol. The second-order valence-electron chi connectivity index (χ2n) is 4.13. The van der Waals surface area contributed by atoms with Gasteiger partial charge in [-0.2, -0.15) is 0 Å². The maximum absolute atomic E-state index is 13.5. The van der Waals surface area contributed by atoms with Crippen molar-refractivity contribution in [3.63, 3.8) is 0 Å². The van der Waals surface area contributed by atoms with Crippen LogP contribution in [0.1, 0.15) is 0 Å². The minimum absolute atomic E-state index is 0.0739. The number of hydrogen-bond donors (Lipinski definition) is 2. The van der Waals surface area contributed by atoms with Crippen LogP contribution in [-0.4, -0.2) is 12.5 Å². The van der Waals surface area contributed by atoms with E-state index in [1.54, 1.807) is 0 Å². The summed E-state index contributed by atoms with van der Waals surface area (Å²) >= 11 is 5.58. The molecule has 21 heavy (non-hydrogen) atoms. The molecule has 0 aliphatic rings. The fourth-order valence-corrected chi connectivity index (χ4v) is 1.73. The SMILES string of the molecule is Nc1ccc(F)c(NC(=O)COc2cccc(Cl)c2F)c1. The maximum atomic E-state index is 13.5. The zero-order valence-corrected chi connectivity index (χ0v) is 11.5. The van der Waals surface area contributed by atoms with Crippen molar-refractivity contribution in [1.82, 2.24) is 0 Å². The molecule has 1 amide bonds. The smallest absolute Gasteiger partial charge is 0.262 e.